The average Bonchev–Trinajstić information content (AvgIpc) is 2.85. The van der Waals surface area contributed by atoms with Crippen LogP contribution < -0.4 is 15.4 Å². The Hall–Kier alpha value is -2.76. The monoisotopic (exact) mass is 351 g/mol. The number of carbonyl (C=O) groups excluding carboxylic acids is 1. The third-order valence-electron chi connectivity index (χ3n) is 2.13. The van der Waals surface area contributed by atoms with Gasteiger partial charge in [-0.1, -0.05) is 0 Å². The number of rotatable bonds is 3. The second-order valence-corrected chi connectivity index (χ2v) is 4.66. The number of halogens is 3. The predicted molar refractivity (Wildman–Crippen MR) is 67.1 cm³/mol. The van der Waals surface area contributed by atoms with E-state index in [2.05, 4.69) is 9.36 Å². The fourth-order valence-electron chi connectivity index (χ4n) is 1.21. The summed E-state index contributed by atoms with van der Waals surface area (Å²) >= 11 is 1.15. The molecule has 124 valence electrons. The largest absolute Gasteiger partial charge is 0.542 e. The van der Waals surface area contributed by atoms with Gasteiger partial charge in [-0.25, -0.2) is 9.59 Å². The van der Waals surface area contributed by atoms with E-state index in [-0.39, 0.29) is 12.2 Å². The molecule has 2 rings (SSSR count). The molecule has 12 heteroatoms. The highest BCUT2D eigenvalue weighted by Gasteiger charge is 2.28. The van der Waals surface area contributed by atoms with Crippen molar-refractivity contribution in [3.63, 3.8) is 0 Å². The van der Waals surface area contributed by atoms with Gasteiger partial charge in [-0.05, 0) is 11.5 Å². The number of alkyl halides is 3. The maximum absolute atomic E-state index is 10.8. The summed E-state index contributed by atoms with van der Waals surface area (Å²) in [5.74, 6) is -3.91. The van der Waals surface area contributed by atoms with Crippen LogP contribution in [0.25, 0.3) is 10.6 Å². The van der Waals surface area contributed by atoms with Crippen LogP contribution in [-0.4, -0.2) is 32.6 Å². The molecule has 0 bridgehead atoms. The summed E-state index contributed by atoms with van der Waals surface area (Å²) in [6, 6.07) is 3.43. The van der Waals surface area contributed by atoms with Crippen molar-refractivity contribution in [2.45, 2.75) is 12.7 Å². The summed E-state index contributed by atoms with van der Waals surface area (Å²) < 4.78 is 35.6. The van der Waals surface area contributed by atoms with E-state index in [0.29, 0.717) is 5.01 Å². The van der Waals surface area contributed by atoms with Gasteiger partial charge < -0.3 is 15.0 Å². The Balaban J connectivity index is 0.000000322. The van der Waals surface area contributed by atoms with Crippen LogP contribution in [0, 0.1) is 0 Å². The van der Waals surface area contributed by atoms with Crippen LogP contribution in [0.2, 0.25) is 0 Å². The van der Waals surface area contributed by atoms with E-state index in [1.807, 2.05) is 0 Å². The van der Waals surface area contributed by atoms with E-state index >= 15 is 0 Å². The van der Waals surface area contributed by atoms with Crippen LogP contribution in [0.5, 0.6) is 0 Å². The van der Waals surface area contributed by atoms with Crippen molar-refractivity contribution >= 4 is 23.5 Å². The van der Waals surface area contributed by atoms with Crippen LogP contribution in [0.15, 0.2) is 29.3 Å². The number of nitrogens with one attached hydrogen (secondary N) is 1. The molecule has 0 saturated heterocycles. The minimum atomic E-state index is -5.19. The van der Waals surface area contributed by atoms with Gasteiger partial charge in [0.2, 0.25) is 6.54 Å². The SMILES string of the molecule is O=C(O)C[n+]1ccc(-c2nc(=O)[nH]s2)cc1.O=C([O-])C(F)(F)F. The molecule has 2 N–H and O–H groups in total. The third-order valence-corrected chi connectivity index (χ3v) is 2.92. The molecule has 2 heterocycles. The number of hydrogen-bond donors (Lipinski definition) is 2. The predicted octanol–water partition coefficient (Wildman–Crippen LogP) is -0.831. The Bertz CT molecular complexity index is 738. The van der Waals surface area contributed by atoms with Gasteiger partial charge in [0.05, 0.1) is 0 Å². The summed E-state index contributed by atoms with van der Waals surface area (Å²) in [7, 11) is 0. The zero-order valence-corrected chi connectivity index (χ0v) is 11.8. The van der Waals surface area contributed by atoms with Crippen LogP contribution in [0.3, 0.4) is 0 Å². The average molecular weight is 351 g/mol. The van der Waals surface area contributed by atoms with Crippen molar-refractivity contribution in [2.75, 3.05) is 0 Å². The van der Waals surface area contributed by atoms with Crippen LogP contribution in [0.4, 0.5) is 13.2 Å². The first-order chi connectivity index (χ1) is 10.6. The first-order valence-corrected chi connectivity index (χ1v) is 6.46. The van der Waals surface area contributed by atoms with E-state index in [9.17, 15) is 22.8 Å². The number of nitrogens with zero attached hydrogens (tertiary/aromatic N) is 2. The van der Waals surface area contributed by atoms with Gasteiger partial charge >= 0.3 is 17.8 Å². The Labute approximate surface area is 129 Å². The number of aromatic nitrogens is 3. The molecule has 0 aliphatic rings. The molecular formula is C11H8F3N3O5S. The lowest BCUT2D eigenvalue weighted by molar-refractivity contribution is -0.685. The Morgan fingerprint density at radius 1 is 1.35 bits per heavy atom. The molecule has 0 aliphatic heterocycles. The number of hydrogen-bond acceptors (Lipinski definition) is 6. The quantitative estimate of drug-likeness (QED) is 0.695. The highest BCUT2D eigenvalue weighted by molar-refractivity contribution is 7.09. The minimum Gasteiger partial charge on any atom is -0.542 e. The number of carboxylic acids is 2. The Kier molecular flexibility index (Phi) is 5.95. The number of pyridine rings is 1. The van der Waals surface area contributed by atoms with Gasteiger partial charge in [0.1, 0.15) is 11.0 Å². The maximum Gasteiger partial charge on any atom is 0.430 e. The zero-order valence-electron chi connectivity index (χ0n) is 11.0. The molecule has 0 aromatic carbocycles. The summed E-state index contributed by atoms with van der Waals surface area (Å²) in [5, 5.41) is 18.0. The molecule has 2 aromatic heterocycles. The number of aromatic amines is 1. The summed E-state index contributed by atoms with van der Waals surface area (Å²) in [4.78, 5) is 33.8. The lowest BCUT2D eigenvalue weighted by atomic mass is 10.3. The van der Waals surface area contributed by atoms with Crippen LogP contribution >= 0.6 is 11.5 Å². The first kappa shape index (κ1) is 18.3. The van der Waals surface area contributed by atoms with Crippen molar-refractivity contribution in [3.8, 4) is 10.6 Å². The van der Waals surface area contributed by atoms with Gasteiger partial charge in [0.25, 0.3) is 0 Å². The number of carboxylic acid groups (broad SMARTS) is 2. The van der Waals surface area contributed by atoms with Gasteiger partial charge in [0.15, 0.2) is 12.4 Å². The van der Waals surface area contributed by atoms with Gasteiger partial charge in [0, 0.05) is 17.7 Å². The topological polar surface area (TPSA) is 127 Å². The van der Waals surface area contributed by atoms with Crippen LogP contribution in [0.1, 0.15) is 0 Å². The summed E-state index contributed by atoms with van der Waals surface area (Å²) in [5.41, 5.74) is 0.409. The van der Waals surface area contributed by atoms with E-state index in [4.69, 9.17) is 15.0 Å². The van der Waals surface area contributed by atoms with Crippen molar-refractivity contribution in [3.05, 3.63) is 35.0 Å². The Morgan fingerprint density at radius 3 is 2.22 bits per heavy atom. The maximum atomic E-state index is 10.8. The third kappa shape index (κ3) is 6.25. The Morgan fingerprint density at radius 2 is 1.87 bits per heavy atom. The van der Waals surface area contributed by atoms with Crippen LogP contribution in [-0.2, 0) is 16.1 Å². The van der Waals surface area contributed by atoms with E-state index < -0.39 is 18.1 Å². The molecule has 0 fully saturated rings. The highest BCUT2D eigenvalue weighted by Crippen LogP contribution is 2.16. The van der Waals surface area contributed by atoms with Crippen molar-refractivity contribution < 1.29 is 37.5 Å². The lowest BCUT2D eigenvalue weighted by Crippen LogP contribution is -2.37. The van der Waals surface area contributed by atoms with E-state index in [1.54, 1.807) is 24.5 Å². The number of carbonyl (C=O) groups is 2. The second kappa shape index (κ2) is 7.49. The molecular weight excluding hydrogens is 343 g/mol. The molecule has 8 nitrogen and oxygen atoms in total. The number of aliphatic carboxylic acids is 2. The molecule has 0 radical (unpaired) electrons. The highest BCUT2D eigenvalue weighted by atomic mass is 32.1. The standard InChI is InChI=1S/C9H7N3O3S.C2HF3O2/c13-7(14)5-12-3-1-6(2-4-12)8-10-9(15)11-16-8;3-2(4,5)1(6)7/h1-4H,5H2,(H-,11,13,14,15);(H,6,7). The van der Waals surface area contributed by atoms with Crippen molar-refractivity contribution in [1.82, 2.24) is 9.36 Å². The fraction of sp³-hybridized carbons (Fsp3) is 0.182. The number of H-pyrrole nitrogens is 1. The fourth-order valence-corrected chi connectivity index (χ4v) is 1.83. The molecule has 0 spiro atoms. The van der Waals surface area contributed by atoms with Gasteiger partial charge in [-0.2, -0.15) is 22.7 Å². The lowest BCUT2D eigenvalue weighted by Gasteiger charge is -2.03. The van der Waals surface area contributed by atoms with Crippen molar-refractivity contribution in [2.24, 2.45) is 0 Å². The second-order valence-electron chi connectivity index (χ2n) is 3.86. The molecule has 2 aromatic rings. The van der Waals surface area contributed by atoms with Gasteiger partial charge in [-0.15, -0.1) is 0 Å². The smallest absolute Gasteiger partial charge is 0.430 e. The molecule has 0 saturated carbocycles. The normalized spacial score (nSPS) is 10.6. The molecule has 0 aliphatic carbocycles. The summed E-state index contributed by atoms with van der Waals surface area (Å²) in [6.07, 6.45) is -1.93. The minimum absolute atomic E-state index is 0.0862. The molecule has 23 heavy (non-hydrogen) atoms. The molecule has 0 atom stereocenters. The van der Waals surface area contributed by atoms with E-state index in [0.717, 1.165) is 17.1 Å². The molecule has 0 amide bonds. The molecule has 0 unspecified atom stereocenters. The summed E-state index contributed by atoms with van der Waals surface area (Å²) in [6.45, 7) is -0.0862. The van der Waals surface area contributed by atoms with Gasteiger partial charge in [-0.3, -0.25) is 4.37 Å². The van der Waals surface area contributed by atoms with Crippen molar-refractivity contribution in [1.29, 1.82) is 0 Å². The zero-order chi connectivity index (χ0) is 17.6. The first-order valence-electron chi connectivity index (χ1n) is 5.64. The van der Waals surface area contributed by atoms with E-state index in [1.165, 1.54) is 4.57 Å².